The molecule has 0 amide bonds. The molecule has 114 valence electrons. The molecule has 0 radical (unpaired) electrons. The number of aryl methyl sites for hydroxylation is 2. The molecule has 0 saturated carbocycles. The summed E-state index contributed by atoms with van der Waals surface area (Å²) in [6, 6.07) is 12.8. The van der Waals surface area contributed by atoms with Crippen molar-refractivity contribution in [3.05, 3.63) is 59.3 Å². The van der Waals surface area contributed by atoms with Crippen molar-refractivity contribution in [2.24, 2.45) is 0 Å². The van der Waals surface area contributed by atoms with Crippen LogP contribution in [0, 0.1) is 13.8 Å². The van der Waals surface area contributed by atoms with Crippen molar-refractivity contribution in [2.45, 2.75) is 19.6 Å². The van der Waals surface area contributed by atoms with Crippen LogP contribution < -0.4 is 4.72 Å². The molecule has 3 aromatic rings. The van der Waals surface area contributed by atoms with Gasteiger partial charge in [-0.05, 0) is 37.6 Å². The molecule has 0 aliphatic carbocycles. The molecule has 0 aliphatic heterocycles. The maximum Gasteiger partial charge on any atom is 0.238 e. The molecule has 22 heavy (non-hydrogen) atoms. The second-order valence-corrected chi connectivity index (χ2v) is 7.03. The van der Waals surface area contributed by atoms with Gasteiger partial charge in [0, 0.05) is 5.39 Å². The van der Waals surface area contributed by atoms with Crippen LogP contribution in [0.25, 0.3) is 11.0 Å². The lowest BCUT2D eigenvalue weighted by molar-refractivity contribution is 0.448. The number of para-hydroxylation sites is 1. The van der Waals surface area contributed by atoms with Crippen LogP contribution in [0.4, 0.5) is 5.69 Å². The number of hydrogen-bond donors (Lipinski definition) is 1. The van der Waals surface area contributed by atoms with Crippen LogP contribution >= 0.6 is 0 Å². The van der Waals surface area contributed by atoms with Gasteiger partial charge in [-0.2, -0.15) is 0 Å². The fourth-order valence-corrected chi connectivity index (χ4v) is 3.56. The summed E-state index contributed by atoms with van der Waals surface area (Å²) in [4.78, 5) is 0. The Morgan fingerprint density at radius 3 is 2.68 bits per heavy atom. The number of nitrogens with one attached hydrogen (secondary N) is 1. The molecule has 1 heterocycles. The standard InChI is InChI=1S/C16H16N2O3S/c1-11-7-8-14(12(2)9-11)18-22(19,20)10-15-13-5-3-4-6-16(13)21-17-15/h3-9,18H,10H2,1-2H3. The molecule has 1 aromatic heterocycles. The predicted octanol–water partition coefficient (Wildman–Crippen LogP) is 3.39. The van der Waals surface area contributed by atoms with Crippen molar-refractivity contribution in [2.75, 3.05) is 4.72 Å². The molecule has 0 spiro atoms. The Hall–Kier alpha value is -2.34. The molecule has 0 saturated heterocycles. The fourth-order valence-electron chi connectivity index (χ4n) is 2.35. The van der Waals surface area contributed by atoms with Crippen molar-refractivity contribution in [1.29, 1.82) is 0 Å². The number of hydrogen-bond acceptors (Lipinski definition) is 4. The number of fused-ring (bicyclic) bond motifs is 1. The summed E-state index contributed by atoms with van der Waals surface area (Å²) in [5.74, 6) is -0.225. The van der Waals surface area contributed by atoms with Crippen LogP contribution in [0.5, 0.6) is 0 Å². The van der Waals surface area contributed by atoms with Crippen molar-refractivity contribution in [3.63, 3.8) is 0 Å². The van der Waals surface area contributed by atoms with Crippen LogP contribution in [0.2, 0.25) is 0 Å². The van der Waals surface area contributed by atoms with Gasteiger partial charge in [0.05, 0.1) is 5.69 Å². The molecule has 1 N–H and O–H groups in total. The minimum absolute atomic E-state index is 0.225. The molecular weight excluding hydrogens is 300 g/mol. The maximum atomic E-state index is 12.4. The minimum atomic E-state index is -3.56. The lowest BCUT2D eigenvalue weighted by Crippen LogP contribution is -2.16. The van der Waals surface area contributed by atoms with Crippen LogP contribution in [0.15, 0.2) is 47.0 Å². The second-order valence-electron chi connectivity index (χ2n) is 5.30. The van der Waals surface area contributed by atoms with Gasteiger partial charge in [-0.3, -0.25) is 4.72 Å². The van der Waals surface area contributed by atoms with Crippen LogP contribution in [-0.2, 0) is 15.8 Å². The van der Waals surface area contributed by atoms with Crippen molar-refractivity contribution in [1.82, 2.24) is 5.16 Å². The highest BCUT2D eigenvalue weighted by Gasteiger charge is 2.18. The van der Waals surface area contributed by atoms with E-state index in [0.29, 0.717) is 22.4 Å². The fraction of sp³-hybridized carbons (Fsp3) is 0.188. The Morgan fingerprint density at radius 1 is 1.14 bits per heavy atom. The highest BCUT2D eigenvalue weighted by atomic mass is 32.2. The summed E-state index contributed by atoms with van der Waals surface area (Å²) in [6.07, 6.45) is 0. The first kappa shape index (κ1) is 14.6. The quantitative estimate of drug-likeness (QED) is 0.801. The van der Waals surface area contributed by atoms with E-state index in [1.54, 1.807) is 18.2 Å². The Balaban J connectivity index is 1.87. The van der Waals surface area contributed by atoms with Crippen LogP contribution in [-0.4, -0.2) is 13.6 Å². The summed E-state index contributed by atoms with van der Waals surface area (Å²) < 4.78 is 32.5. The van der Waals surface area contributed by atoms with E-state index in [1.807, 2.05) is 38.1 Å². The lowest BCUT2D eigenvalue weighted by atomic mass is 10.1. The highest BCUT2D eigenvalue weighted by Crippen LogP contribution is 2.22. The zero-order valence-electron chi connectivity index (χ0n) is 12.3. The van der Waals surface area contributed by atoms with Gasteiger partial charge >= 0.3 is 0 Å². The maximum absolute atomic E-state index is 12.4. The van der Waals surface area contributed by atoms with E-state index in [9.17, 15) is 8.42 Å². The molecule has 6 heteroatoms. The second kappa shape index (κ2) is 5.46. The van der Waals surface area contributed by atoms with Gasteiger partial charge in [0.2, 0.25) is 10.0 Å². The SMILES string of the molecule is Cc1ccc(NS(=O)(=O)Cc2noc3ccccc23)c(C)c1. The Labute approximate surface area is 129 Å². The van der Waals surface area contributed by atoms with E-state index in [4.69, 9.17) is 4.52 Å². The summed E-state index contributed by atoms with van der Waals surface area (Å²) in [7, 11) is -3.56. The van der Waals surface area contributed by atoms with Crippen molar-refractivity contribution < 1.29 is 12.9 Å². The Kier molecular flexibility index (Phi) is 3.62. The number of aromatic nitrogens is 1. The molecular formula is C16H16N2O3S. The zero-order chi connectivity index (χ0) is 15.7. The molecule has 0 aliphatic rings. The van der Waals surface area contributed by atoms with Crippen molar-refractivity contribution in [3.8, 4) is 0 Å². The third-order valence-electron chi connectivity index (χ3n) is 3.43. The van der Waals surface area contributed by atoms with E-state index in [2.05, 4.69) is 9.88 Å². The largest absolute Gasteiger partial charge is 0.356 e. The molecule has 0 unspecified atom stereocenters. The first-order chi connectivity index (χ1) is 10.4. The first-order valence-corrected chi connectivity index (χ1v) is 8.51. The summed E-state index contributed by atoms with van der Waals surface area (Å²) in [5.41, 5.74) is 3.54. The number of benzene rings is 2. The molecule has 3 rings (SSSR count). The average molecular weight is 316 g/mol. The van der Waals surface area contributed by atoms with Gasteiger partial charge in [-0.25, -0.2) is 8.42 Å². The normalized spacial score (nSPS) is 11.7. The monoisotopic (exact) mass is 316 g/mol. The number of rotatable bonds is 4. The third-order valence-corrected chi connectivity index (χ3v) is 4.61. The Bertz CT molecular complexity index is 929. The first-order valence-electron chi connectivity index (χ1n) is 6.86. The molecule has 2 aromatic carbocycles. The van der Waals surface area contributed by atoms with Gasteiger partial charge < -0.3 is 4.52 Å². The summed E-state index contributed by atoms with van der Waals surface area (Å²) >= 11 is 0. The van der Waals surface area contributed by atoms with Gasteiger partial charge in [0.1, 0.15) is 11.4 Å². The Morgan fingerprint density at radius 2 is 1.91 bits per heavy atom. The van der Waals surface area contributed by atoms with Gasteiger partial charge in [0.15, 0.2) is 5.58 Å². The van der Waals surface area contributed by atoms with Crippen LogP contribution in [0.1, 0.15) is 16.8 Å². The number of anilines is 1. The van der Waals surface area contributed by atoms with Crippen LogP contribution in [0.3, 0.4) is 0 Å². The number of nitrogens with zero attached hydrogens (tertiary/aromatic N) is 1. The van der Waals surface area contributed by atoms with Gasteiger partial charge in [-0.15, -0.1) is 0 Å². The molecule has 0 atom stereocenters. The van der Waals surface area contributed by atoms with E-state index < -0.39 is 10.0 Å². The average Bonchev–Trinajstić information content (AvgIpc) is 2.85. The van der Waals surface area contributed by atoms with E-state index in [1.165, 1.54) is 0 Å². The summed E-state index contributed by atoms with van der Waals surface area (Å²) in [6.45, 7) is 3.84. The van der Waals surface area contributed by atoms with Crippen molar-refractivity contribution >= 4 is 26.7 Å². The van der Waals surface area contributed by atoms with Gasteiger partial charge in [0.25, 0.3) is 0 Å². The third kappa shape index (κ3) is 2.96. The lowest BCUT2D eigenvalue weighted by Gasteiger charge is -2.10. The summed E-state index contributed by atoms with van der Waals surface area (Å²) in [5, 5.41) is 4.58. The van der Waals surface area contributed by atoms with E-state index in [-0.39, 0.29) is 5.75 Å². The van der Waals surface area contributed by atoms with E-state index >= 15 is 0 Å². The molecule has 5 nitrogen and oxygen atoms in total. The minimum Gasteiger partial charge on any atom is -0.356 e. The smallest absolute Gasteiger partial charge is 0.238 e. The predicted molar refractivity (Wildman–Crippen MR) is 86.2 cm³/mol. The topological polar surface area (TPSA) is 72.2 Å². The van der Waals surface area contributed by atoms with Gasteiger partial charge in [-0.1, -0.05) is 35.0 Å². The number of sulfonamides is 1. The zero-order valence-corrected chi connectivity index (χ0v) is 13.1. The highest BCUT2D eigenvalue weighted by molar-refractivity contribution is 7.91. The van der Waals surface area contributed by atoms with E-state index in [0.717, 1.165) is 11.1 Å². The molecule has 0 fully saturated rings. The molecule has 0 bridgehead atoms.